The Hall–Kier alpha value is -2.19. The molecule has 2 aliphatic heterocycles. The van der Waals surface area contributed by atoms with E-state index in [1.807, 2.05) is 22.7 Å². The monoisotopic (exact) mass is 371 g/mol. The van der Waals surface area contributed by atoms with Crippen molar-refractivity contribution in [3.8, 4) is 22.1 Å². The second-order valence-corrected chi connectivity index (χ2v) is 7.72. The number of benzene rings is 1. The molecule has 0 radical (unpaired) electrons. The minimum Gasteiger partial charge on any atom is -0.486 e. The summed E-state index contributed by atoms with van der Waals surface area (Å²) in [5, 5.41) is 14.4. The molecule has 8 heteroatoms. The molecule has 1 fully saturated rings. The SMILES string of the molecule is c1cc2c(cc1-c1nn3c(CN4CCCCCC4)nnc3s1)OCCO2. The quantitative estimate of drug-likeness (QED) is 0.705. The third-order valence-electron chi connectivity index (χ3n) is 4.91. The third-order valence-corrected chi connectivity index (χ3v) is 5.86. The van der Waals surface area contributed by atoms with Gasteiger partial charge in [-0.15, -0.1) is 10.2 Å². The van der Waals surface area contributed by atoms with Gasteiger partial charge in [0.2, 0.25) is 4.96 Å². The molecule has 26 heavy (non-hydrogen) atoms. The standard InChI is InChI=1S/C18H21N5O2S/c1-2-4-8-22(7-3-1)12-16-19-20-18-23(16)21-17(26-18)13-5-6-14-15(11-13)25-10-9-24-14/h5-6,11H,1-4,7-10,12H2. The molecule has 1 aromatic carbocycles. The molecule has 0 aliphatic carbocycles. The molecule has 7 nitrogen and oxygen atoms in total. The van der Waals surface area contributed by atoms with Crippen LogP contribution in [0.4, 0.5) is 0 Å². The van der Waals surface area contributed by atoms with Gasteiger partial charge in [0.1, 0.15) is 18.2 Å². The Kier molecular flexibility index (Phi) is 4.22. The molecule has 0 bridgehead atoms. The van der Waals surface area contributed by atoms with Gasteiger partial charge < -0.3 is 9.47 Å². The predicted octanol–water partition coefficient (Wildman–Crippen LogP) is 3.00. The highest BCUT2D eigenvalue weighted by Gasteiger charge is 2.18. The molecule has 0 saturated carbocycles. The lowest BCUT2D eigenvalue weighted by atomic mass is 10.2. The van der Waals surface area contributed by atoms with Crippen LogP contribution in [0.2, 0.25) is 0 Å². The molecule has 0 N–H and O–H groups in total. The molecule has 136 valence electrons. The van der Waals surface area contributed by atoms with Crippen LogP contribution in [0, 0.1) is 0 Å². The first-order valence-electron chi connectivity index (χ1n) is 9.20. The minimum atomic E-state index is 0.585. The van der Waals surface area contributed by atoms with E-state index in [1.165, 1.54) is 25.7 Å². The van der Waals surface area contributed by atoms with E-state index in [0.29, 0.717) is 13.2 Å². The summed E-state index contributed by atoms with van der Waals surface area (Å²) in [5.74, 6) is 2.50. The summed E-state index contributed by atoms with van der Waals surface area (Å²) >= 11 is 1.55. The first kappa shape index (κ1) is 16.0. The van der Waals surface area contributed by atoms with Gasteiger partial charge in [0, 0.05) is 5.56 Å². The number of hydrogen-bond donors (Lipinski definition) is 0. The van der Waals surface area contributed by atoms with Crippen LogP contribution in [0.5, 0.6) is 11.5 Å². The van der Waals surface area contributed by atoms with Gasteiger partial charge >= 0.3 is 0 Å². The van der Waals surface area contributed by atoms with Gasteiger partial charge in [-0.2, -0.15) is 9.61 Å². The Bertz CT molecular complexity index is 914. The van der Waals surface area contributed by atoms with Crippen molar-refractivity contribution in [3.63, 3.8) is 0 Å². The van der Waals surface area contributed by atoms with E-state index < -0.39 is 0 Å². The van der Waals surface area contributed by atoms with Gasteiger partial charge in [0.25, 0.3) is 0 Å². The van der Waals surface area contributed by atoms with Crippen molar-refractivity contribution in [1.29, 1.82) is 0 Å². The van der Waals surface area contributed by atoms with Crippen LogP contribution < -0.4 is 9.47 Å². The number of hydrogen-bond acceptors (Lipinski definition) is 7. The lowest BCUT2D eigenvalue weighted by Crippen LogP contribution is -2.25. The number of fused-ring (bicyclic) bond motifs is 2. The van der Waals surface area contributed by atoms with Crippen LogP contribution in [-0.4, -0.2) is 51.0 Å². The zero-order chi connectivity index (χ0) is 17.3. The van der Waals surface area contributed by atoms with Gasteiger partial charge in [0.15, 0.2) is 17.3 Å². The summed E-state index contributed by atoms with van der Waals surface area (Å²) in [4.78, 5) is 3.30. The highest BCUT2D eigenvalue weighted by molar-refractivity contribution is 7.19. The van der Waals surface area contributed by atoms with E-state index in [2.05, 4.69) is 15.1 Å². The van der Waals surface area contributed by atoms with Gasteiger partial charge in [-0.3, -0.25) is 4.90 Å². The van der Waals surface area contributed by atoms with Crippen LogP contribution in [0.15, 0.2) is 18.2 Å². The smallest absolute Gasteiger partial charge is 0.235 e. The zero-order valence-electron chi connectivity index (χ0n) is 14.6. The maximum Gasteiger partial charge on any atom is 0.235 e. The summed E-state index contributed by atoms with van der Waals surface area (Å²) in [5.41, 5.74) is 1.02. The van der Waals surface area contributed by atoms with Crippen molar-refractivity contribution >= 4 is 16.3 Å². The van der Waals surface area contributed by atoms with Gasteiger partial charge in [-0.05, 0) is 44.1 Å². The van der Waals surface area contributed by atoms with Crippen molar-refractivity contribution in [3.05, 3.63) is 24.0 Å². The normalized spacial score (nSPS) is 18.2. The molecule has 3 aromatic rings. The predicted molar refractivity (Wildman–Crippen MR) is 98.8 cm³/mol. The maximum absolute atomic E-state index is 5.69. The Balaban J connectivity index is 1.42. The van der Waals surface area contributed by atoms with Crippen molar-refractivity contribution < 1.29 is 9.47 Å². The summed E-state index contributed by atoms with van der Waals surface area (Å²) in [6.45, 7) is 4.26. The van der Waals surface area contributed by atoms with E-state index >= 15 is 0 Å². The molecule has 0 amide bonds. The number of nitrogens with zero attached hydrogens (tertiary/aromatic N) is 5. The molecular formula is C18H21N5O2S. The first-order chi connectivity index (χ1) is 12.9. The molecule has 0 unspecified atom stereocenters. The molecule has 2 aromatic heterocycles. The second-order valence-electron chi connectivity index (χ2n) is 6.77. The fraction of sp³-hybridized carbons (Fsp3) is 0.500. The van der Waals surface area contributed by atoms with Gasteiger partial charge in [-0.1, -0.05) is 24.2 Å². The molecule has 5 rings (SSSR count). The number of ether oxygens (including phenoxy) is 2. The van der Waals surface area contributed by atoms with Crippen LogP contribution in [0.25, 0.3) is 15.5 Å². The lowest BCUT2D eigenvalue weighted by molar-refractivity contribution is 0.171. The highest BCUT2D eigenvalue weighted by Crippen LogP contribution is 2.35. The van der Waals surface area contributed by atoms with E-state index in [9.17, 15) is 0 Å². The molecule has 2 aliphatic rings. The van der Waals surface area contributed by atoms with E-state index in [0.717, 1.165) is 52.5 Å². The largest absolute Gasteiger partial charge is 0.486 e. The maximum atomic E-state index is 5.69. The van der Waals surface area contributed by atoms with E-state index in [4.69, 9.17) is 14.6 Å². The van der Waals surface area contributed by atoms with Crippen LogP contribution in [-0.2, 0) is 6.54 Å². The fourth-order valence-electron chi connectivity index (χ4n) is 3.54. The highest BCUT2D eigenvalue weighted by atomic mass is 32.1. The summed E-state index contributed by atoms with van der Waals surface area (Å²) in [6, 6.07) is 5.97. The zero-order valence-corrected chi connectivity index (χ0v) is 15.4. The first-order valence-corrected chi connectivity index (χ1v) is 10.0. The van der Waals surface area contributed by atoms with Crippen LogP contribution in [0.3, 0.4) is 0 Å². The Labute approximate surface area is 155 Å². The summed E-state index contributed by atoms with van der Waals surface area (Å²) in [7, 11) is 0. The number of likely N-dealkylation sites (tertiary alicyclic amines) is 1. The fourth-order valence-corrected chi connectivity index (χ4v) is 4.40. The van der Waals surface area contributed by atoms with Crippen molar-refractivity contribution in [2.75, 3.05) is 26.3 Å². The van der Waals surface area contributed by atoms with Crippen LogP contribution >= 0.6 is 11.3 Å². The summed E-state index contributed by atoms with van der Waals surface area (Å²) in [6.07, 6.45) is 5.19. The molecule has 0 spiro atoms. The molecular weight excluding hydrogens is 350 g/mol. The average Bonchev–Trinajstić information content (AvgIpc) is 3.15. The molecule has 1 saturated heterocycles. The second kappa shape index (κ2) is 6.85. The van der Waals surface area contributed by atoms with Crippen molar-refractivity contribution in [1.82, 2.24) is 24.7 Å². The van der Waals surface area contributed by atoms with E-state index in [1.54, 1.807) is 11.3 Å². The topological polar surface area (TPSA) is 64.8 Å². The number of rotatable bonds is 3. The van der Waals surface area contributed by atoms with Crippen molar-refractivity contribution in [2.24, 2.45) is 0 Å². The number of aromatic nitrogens is 4. The minimum absolute atomic E-state index is 0.585. The average molecular weight is 371 g/mol. The molecule has 0 atom stereocenters. The van der Waals surface area contributed by atoms with Crippen molar-refractivity contribution in [2.45, 2.75) is 32.2 Å². The molecule has 4 heterocycles. The van der Waals surface area contributed by atoms with Gasteiger partial charge in [0.05, 0.1) is 6.54 Å². The Morgan fingerprint density at radius 1 is 0.962 bits per heavy atom. The van der Waals surface area contributed by atoms with Crippen LogP contribution in [0.1, 0.15) is 31.5 Å². The Morgan fingerprint density at radius 2 is 1.77 bits per heavy atom. The Morgan fingerprint density at radius 3 is 2.62 bits per heavy atom. The van der Waals surface area contributed by atoms with E-state index in [-0.39, 0.29) is 0 Å². The summed E-state index contributed by atoms with van der Waals surface area (Å²) < 4.78 is 13.2. The van der Waals surface area contributed by atoms with Gasteiger partial charge in [-0.25, -0.2) is 0 Å². The lowest BCUT2D eigenvalue weighted by Gasteiger charge is -2.18. The third kappa shape index (κ3) is 3.03.